The highest BCUT2D eigenvalue weighted by atomic mass is 35.5. The number of amides is 1. The molecule has 148 valence electrons. The maximum Gasteiger partial charge on any atom is 0.268 e. The standard InChI is InChI=1S/C23H20ClNO4/c1-28-17-11-12-21(29-2)19(13-17)23(27)18-5-3-4-6-20(18)25(22(23)26)14-15-7-9-16(24)10-8-15/h3-13,27H,14H2,1-2H3. The van der Waals surface area contributed by atoms with Crippen molar-refractivity contribution in [1.29, 1.82) is 0 Å². The van der Waals surface area contributed by atoms with Crippen LogP contribution in [0.2, 0.25) is 5.02 Å². The van der Waals surface area contributed by atoms with E-state index in [2.05, 4.69) is 0 Å². The van der Waals surface area contributed by atoms with Gasteiger partial charge in [-0.05, 0) is 42.0 Å². The molecule has 29 heavy (non-hydrogen) atoms. The van der Waals surface area contributed by atoms with Crippen LogP contribution < -0.4 is 14.4 Å². The molecule has 1 unspecified atom stereocenters. The van der Waals surface area contributed by atoms with Crippen molar-refractivity contribution in [3.63, 3.8) is 0 Å². The number of benzene rings is 3. The number of hydrogen-bond acceptors (Lipinski definition) is 4. The molecule has 3 aromatic rings. The molecule has 1 aliphatic heterocycles. The molecule has 3 aromatic carbocycles. The van der Waals surface area contributed by atoms with E-state index in [-0.39, 0.29) is 0 Å². The van der Waals surface area contributed by atoms with Crippen molar-refractivity contribution in [3.8, 4) is 11.5 Å². The number of para-hydroxylation sites is 1. The van der Waals surface area contributed by atoms with E-state index in [9.17, 15) is 9.90 Å². The third-order valence-electron chi connectivity index (χ3n) is 5.19. The number of carbonyl (C=O) groups is 1. The second-order valence-corrected chi connectivity index (χ2v) is 7.25. The SMILES string of the molecule is COc1ccc(OC)c(C2(O)C(=O)N(Cc3ccc(Cl)cc3)c3ccccc32)c1. The van der Waals surface area contributed by atoms with Crippen LogP contribution in [-0.4, -0.2) is 25.2 Å². The van der Waals surface area contributed by atoms with Gasteiger partial charge in [-0.2, -0.15) is 0 Å². The Hall–Kier alpha value is -3.02. The highest BCUT2D eigenvalue weighted by molar-refractivity contribution is 6.30. The molecule has 0 saturated carbocycles. The Labute approximate surface area is 174 Å². The van der Waals surface area contributed by atoms with Crippen molar-refractivity contribution in [2.75, 3.05) is 19.1 Å². The zero-order chi connectivity index (χ0) is 20.6. The molecule has 0 spiro atoms. The molecule has 5 nitrogen and oxygen atoms in total. The molecule has 1 heterocycles. The Morgan fingerprint density at radius 3 is 2.38 bits per heavy atom. The zero-order valence-electron chi connectivity index (χ0n) is 16.1. The summed E-state index contributed by atoms with van der Waals surface area (Å²) in [6, 6.07) is 19.6. The molecular weight excluding hydrogens is 390 g/mol. The predicted molar refractivity (Wildman–Crippen MR) is 112 cm³/mol. The summed E-state index contributed by atoms with van der Waals surface area (Å²) in [5.74, 6) is 0.487. The molecular formula is C23H20ClNO4. The first-order valence-corrected chi connectivity index (χ1v) is 9.47. The summed E-state index contributed by atoms with van der Waals surface area (Å²) < 4.78 is 10.8. The lowest BCUT2D eigenvalue weighted by atomic mass is 9.86. The molecule has 0 aromatic heterocycles. The molecule has 0 aliphatic carbocycles. The topological polar surface area (TPSA) is 59.0 Å². The lowest BCUT2D eigenvalue weighted by molar-refractivity contribution is -0.132. The minimum absolute atomic E-state index is 0.307. The molecule has 0 fully saturated rings. The molecule has 1 amide bonds. The number of halogens is 1. The van der Waals surface area contributed by atoms with Gasteiger partial charge in [-0.1, -0.05) is 41.9 Å². The maximum atomic E-state index is 13.6. The van der Waals surface area contributed by atoms with Gasteiger partial charge < -0.3 is 19.5 Å². The van der Waals surface area contributed by atoms with Crippen molar-refractivity contribution in [2.45, 2.75) is 12.1 Å². The van der Waals surface area contributed by atoms with Gasteiger partial charge in [0.15, 0.2) is 0 Å². The fourth-order valence-corrected chi connectivity index (χ4v) is 3.85. The molecule has 1 atom stereocenters. The van der Waals surface area contributed by atoms with Gasteiger partial charge in [0.25, 0.3) is 5.91 Å². The van der Waals surface area contributed by atoms with Crippen molar-refractivity contribution >= 4 is 23.2 Å². The lowest BCUT2D eigenvalue weighted by Gasteiger charge is -2.26. The molecule has 4 rings (SSSR count). The van der Waals surface area contributed by atoms with Crippen molar-refractivity contribution < 1.29 is 19.4 Å². The van der Waals surface area contributed by atoms with Crippen LogP contribution in [0.5, 0.6) is 11.5 Å². The minimum atomic E-state index is -1.89. The van der Waals surface area contributed by atoms with Crippen LogP contribution in [0.4, 0.5) is 5.69 Å². The summed E-state index contributed by atoms with van der Waals surface area (Å²) in [6.07, 6.45) is 0. The highest BCUT2D eigenvalue weighted by Gasteiger charge is 2.52. The molecule has 0 bridgehead atoms. The Kier molecular flexibility index (Phi) is 4.94. The van der Waals surface area contributed by atoms with E-state index in [1.807, 2.05) is 24.3 Å². The molecule has 0 radical (unpaired) electrons. The summed E-state index contributed by atoms with van der Waals surface area (Å²) >= 11 is 5.98. The number of rotatable bonds is 5. The number of aliphatic hydroxyl groups is 1. The van der Waals surface area contributed by atoms with E-state index in [4.69, 9.17) is 21.1 Å². The average Bonchev–Trinajstić information content (AvgIpc) is 2.97. The van der Waals surface area contributed by atoms with Gasteiger partial charge in [0.2, 0.25) is 5.60 Å². The van der Waals surface area contributed by atoms with Crippen LogP contribution in [0.15, 0.2) is 66.7 Å². The first-order chi connectivity index (χ1) is 14.0. The fourth-order valence-electron chi connectivity index (χ4n) is 3.72. The summed E-state index contributed by atoms with van der Waals surface area (Å²) in [5.41, 5.74) is 0.517. The Morgan fingerprint density at radius 1 is 0.966 bits per heavy atom. The summed E-state index contributed by atoms with van der Waals surface area (Å²) in [4.78, 5) is 15.2. The Balaban J connectivity index is 1.85. The van der Waals surface area contributed by atoms with Crippen molar-refractivity contribution in [2.24, 2.45) is 0 Å². The first kappa shape index (κ1) is 19.3. The van der Waals surface area contributed by atoms with E-state index < -0.39 is 11.5 Å². The predicted octanol–water partition coefficient (Wildman–Crippen LogP) is 4.14. The van der Waals surface area contributed by atoms with Gasteiger partial charge in [-0.25, -0.2) is 0 Å². The summed E-state index contributed by atoms with van der Waals surface area (Å²) in [7, 11) is 3.04. The smallest absolute Gasteiger partial charge is 0.268 e. The highest BCUT2D eigenvalue weighted by Crippen LogP contribution is 2.48. The number of fused-ring (bicyclic) bond motifs is 1. The van der Waals surface area contributed by atoms with Crippen LogP contribution >= 0.6 is 11.6 Å². The molecule has 0 saturated heterocycles. The number of carbonyl (C=O) groups excluding carboxylic acids is 1. The van der Waals surface area contributed by atoms with Gasteiger partial charge in [0.05, 0.1) is 26.5 Å². The van der Waals surface area contributed by atoms with Crippen LogP contribution in [0.25, 0.3) is 0 Å². The van der Waals surface area contributed by atoms with Gasteiger partial charge in [-0.3, -0.25) is 4.79 Å². The van der Waals surface area contributed by atoms with Crippen LogP contribution in [0.1, 0.15) is 16.7 Å². The first-order valence-electron chi connectivity index (χ1n) is 9.10. The maximum absolute atomic E-state index is 13.6. The van der Waals surface area contributed by atoms with Gasteiger partial charge in [-0.15, -0.1) is 0 Å². The van der Waals surface area contributed by atoms with Crippen LogP contribution in [-0.2, 0) is 16.9 Å². The molecule has 1 N–H and O–H groups in total. The number of ether oxygens (including phenoxy) is 2. The second-order valence-electron chi connectivity index (χ2n) is 6.81. The van der Waals surface area contributed by atoms with Crippen molar-refractivity contribution in [1.82, 2.24) is 0 Å². The minimum Gasteiger partial charge on any atom is -0.497 e. The zero-order valence-corrected chi connectivity index (χ0v) is 16.8. The number of nitrogens with zero attached hydrogens (tertiary/aromatic N) is 1. The lowest BCUT2D eigenvalue weighted by Crippen LogP contribution is -2.41. The monoisotopic (exact) mass is 409 g/mol. The molecule has 6 heteroatoms. The van der Waals surface area contributed by atoms with Crippen molar-refractivity contribution in [3.05, 3.63) is 88.4 Å². The van der Waals surface area contributed by atoms with E-state index in [0.29, 0.717) is 39.9 Å². The third-order valence-corrected chi connectivity index (χ3v) is 5.44. The van der Waals surface area contributed by atoms with Gasteiger partial charge >= 0.3 is 0 Å². The van der Waals surface area contributed by atoms with Crippen LogP contribution in [0, 0.1) is 0 Å². The summed E-state index contributed by atoms with van der Waals surface area (Å²) in [5, 5.41) is 12.4. The number of methoxy groups -OCH3 is 2. The van der Waals surface area contributed by atoms with Crippen LogP contribution in [0.3, 0.4) is 0 Å². The van der Waals surface area contributed by atoms with E-state index in [0.717, 1.165) is 5.56 Å². The summed E-state index contributed by atoms with van der Waals surface area (Å²) in [6.45, 7) is 0.307. The van der Waals surface area contributed by atoms with E-state index in [1.165, 1.54) is 14.2 Å². The Morgan fingerprint density at radius 2 is 1.69 bits per heavy atom. The molecule has 1 aliphatic rings. The average molecular weight is 410 g/mol. The van der Waals surface area contributed by atoms with E-state index in [1.54, 1.807) is 47.4 Å². The fraction of sp³-hybridized carbons (Fsp3) is 0.174. The third kappa shape index (κ3) is 3.12. The van der Waals surface area contributed by atoms with Gasteiger partial charge in [0, 0.05) is 16.1 Å². The quantitative estimate of drug-likeness (QED) is 0.688. The number of hydrogen-bond donors (Lipinski definition) is 1. The van der Waals surface area contributed by atoms with Gasteiger partial charge in [0.1, 0.15) is 11.5 Å². The largest absolute Gasteiger partial charge is 0.497 e. The normalized spacial score (nSPS) is 17.9. The van der Waals surface area contributed by atoms with E-state index >= 15 is 0 Å². The Bertz CT molecular complexity index is 1070. The second kappa shape index (κ2) is 7.43. The number of anilines is 1.